The van der Waals surface area contributed by atoms with E-state index in [1.165, 1.54) is 4.90 Å². The Morgan fingerprint density at radius 3 is 2.39 bits per heavy atom. The molecule has 8 nitrogen and oxygen atoms in total. The number of hydrogen-bond donors (Lipinski definition) is 2. The minimum Gasteiger partial charge on any atom is -0.357 e. The number of fused-ring (bicyclic) bond motifs is 5. The van der Waals surface area contributed by atoms with E-state index in [4.69, 9.17) is 0 Å². The average molecular weight is 560 g/mol. The van der Waals surface area contributed by atoms with Gasteiger partial charge in [0.2, 0.25) is 11.8 Å². The number of allylic oxidation sites excluding steroid dienone is 2. The van der Waals surface area contributed by atoms with Crippen molar-refractivity contribution < 1.29 is 9.59 Å². The van der Waals surface area contributed by atoms with Crippen molar-refractivity contribution in [1.82, 2.24) is 25.3 Å². The third-order valence-electron chi connectivity index (χ3n) is 6.66. The molecule has 3 aliphatic rings. The number of benzene rings is 1. The summed E-state index contributed by atoms with van der Waals surface area (Å²) in [7, 11) is 0. The van der Waals surface area contributed by atoms with E-state index in [-0.39, 0.29) is 59.5 Å². The van der Waals surface area contributed by atoms with Gasteiger partial charge < -0.3 is 10.6 Å². The van der Waals surface area contributed by atoms with Crippen LogP contribution in [0.15, 0.2) is 59.9 Å². The Kier molecular flexibility index (Phi) is 7.16. The van der Waals surface area contributed by atoms with Gasteiger partial charge in [-0.15, -0.1) is 24.0 Å². The van der Waals surface area contributed by atoms with Crippen LogP contribution in [0.1, 0.15) is 18.9 Å². The molecule has 1 aromatic heterocycles. The molecule has 9 heteroatoms. The predicted molar refractivity (Wildman–Crippen MR) is 136 cm³/mol. The summed E-state index contributed by atoms with van der Waals surface area (Å²) in [5.41, 5.74) is 2.08. The fourth-order valence-electron chi connectivity index (χ4n) is 5.16. The van der Waals surface area contributed by atoms with Crippen LogP contribution in [0.3, 0.4) is 0 Å². The van der Waals surface area contributed by atoms with Gasteiger partial charge in [-0.25, -0.2) is 9.67 Å². The van der Waals surface area contributed by atoms with Crippen molar-refractivity contribution in [2.24, 2.45) is 28.7 Å². The lowest BCUT2D eigenvalue weighted by molar-refractivity contribution is -0.140. The number of imide groups is 1. The first-order valence-corrected chi connectivity index (χ1v) is 11.3. The molecule has 174 valence electrons. The Bertz CT molecular complexity index is 1020. The molecule has 5 rings (SSSR count). The quantitative estimate of drug-likeness (QED) is 0.179. The monoisotopic (exact) mass is 560 g/mol. The molecule has 1 saturated heterocycles. The maximum Gasteiger partial charge on any atom is 0.233 e. The van der Waals surface area contributed by atoms with Crippen LogP contribution in [0, 0.1) is 23.7 Å². The number of guanidine groups is 1. The summed E-state index contributed by atoms with van der Waals surface area (Å²) in [6, 6.07) is 9.99. The molecule has 1 aromatic carbocycles. The van der Waals surface area contributed by atoms with Crippen molar-refractivity contribution in [3.8, 4) is 5.69 Å². The van der Waals surface area contributed by atoms with Crippen molar-refractivity contribution >= 4 is 41.8 Å². The number of carbonyl (C=O) groups is 2. The van der Waals surface area contributed by atoms with Gasteiger partial charge in [0, 0.05) is 32.0 Å². The fourth-order valence-corrected chi connectivity index (χ4v) is 5.16. The molecule has 4 unspecified atom stereocenters. The highest BCUT2D eigenvalue weighted by Gasteiger charge is 2.58. The summed E-state index contributed by atoms with van der Waals surface area (Å²) >= 11 is 0. The van der Waals surface area contributed by atoms with Crippen LogP contribution in [0.5, 0.6) is 0 Å². The van der Waals surface area contributed by atoms with Crippen LogP contribution in [-0.4, -0.2) is 52.1 Å². The molecular formula is C24H29IN6O2. The number of likely N-dealkylation sites (tertiary alicyclic amines) is 1. The van der Waals surface area contributed by atoms with Crippen molar-refractivity contribution in [2.45, 2.75) is 19.9 Å². The molecule has 2 fully saturated rings. The number of rotatable bonds is 7. The van der Waals surface area contributed by atoms with Gasteiger partial charge in [-0.3, -0.25) is 14.5 Å². The Morgan fingerprint density at radius 2 is 1.79 bits per heavy atom. The van der Waals surface area contributed by atoms with Crippen LogP contribution in [0.2, 0.25) is 0 Å². The first-order chi connectivity index (χ1) is 15.7. The third kappa shape index (κ3) is 4.55. The SMILES string of the molecule is CCNC(=NCc1ccc(-n2cccn2)cc1)NCCN1C(=O)C2C3C=CC(C3)C2C1=O.I. The standard InChI is InChI=1S/C24H28N6O2.HI/c1-2-25-24(27-15-16-4-8-19(9-5-16)30-12-3-10-28-30)26-11-13-29-22(31)20-17-6-7-18(14-17)21(20)23(29)32;/h3-10,12,17-18,20-21H,2,11,13-15H2,1H3,(H2,25,26,27);1H. The van der Waals surface area contributed by atoms with Gasteiger partial charge >= 0.3 is 0 Å². The number of halogens is 1. The van der Waals surface area contributed by atoms with Gasteiger partial charge in [0.25, 0.3) is 0 Å². The van der Waals surface area contributed by atoms with Crippen LogP contribution in [-0.2, 0) is 16.1 Å². The van der Waals surface area contributed by atoms with E-state index in [9.17, 15) is 9.59 Å². The second-order valence-corrected chi connectivity index (χ2v) is 8.57. The molecule has 2 amide bonds. The molecule has 2 heterocycles. The average Bonchev–Trinajstić information content (AvgIpc) is 3.59. The van der Waals surface area contributed by atoms with E-state index in [0.717, 1.165) is 24.2 Å². The molecule has 2 aromatic rings. The number of aromatic nitrogens is 2. The number of hydrogen-bond acceptors (Lipinski definition) is 4. The Labute approximate surface area is 210 Å². The Morgan fingerprint density at radius 1 is 1.09 bits per heavy atom. The molecule has 0 spiro atoms. The van der Waals surface area contributed by atoms with E-state index in [1.54, 1.807) is 6.20 Å². The van der Waals surface area contributed by atoms with Gasteiger partial charge in [-0.05, 0) is 48.9 Å². The smallest absolute Gasteiger partial charge is 0.233 e. The number of nitrogens with zero attached hydrogens (tertiary/aromatic N) is 4. The van der Waals surface area contributed by atoms with Crippen molar-refractivity contribution in [3.63, 3.8) is 0 Å². The lowest BCUT2D eigenvalue weighted by Crippen LogP contribution is -2.43. The molecule has 4 atom stereocenters. The van der Waals surface area contributed by atoms with Gasteiger partial charge in [-0.2, -0.15) is 5.10 Å². The number of carbonyl (C=O) groups excluding carboxylic acids is 2. The second-order valence-electron chi connectivity index (χ2n) is 8.57. The maximum absolute atomic E-state index is 12.8. The lowest BCUT2D eigenvalue weighted by atomic mass is 9.85. The zero-order valence-electron chi connectivity index (χ0n) is 18.6. The summed E-state index contributed by atoms with van der Waals surface area (Å²) in [6.07, 6.45) is 8.86. The molecule has 0 radical (unpaired) electrons. The second kappa shape index (κ2) is 10.1. The van der Waals surface area contributed by atoms with E-state index < -0.39 is 0 Å². The summed E-state index contributed by atoms with van der Waals surface area (Å²) in [6.45, 7) is 4.10. The van der Waals surface area contributed by atoms with Crippen LogP contribution in [0.4, 0.5) is 0 Å². The van der Waals surface area contributed by atoms with E-state index >= 15 is 0 Å². The Balaban J connectivity index is 0.00000259. The van der Waals surface area contributed by atoms with E-state index in [1.807, 2.05) is 48.1 Å². The lowest BCUT2D eigenvalue weighted by Gasteiger charge is -2.18. The van der Waals surface area contributed by atoms with Crippen molar-refractivity contribution in [2.75, 3.05) is 19.6 Å². The highest BCUT2D eigenvalue weighted by Crippen LogP contribution is 2.52. The van der Waals surface area contributed by atoms with Gasteiger partial charge in [0.1, 0.15) is 0 Å². The molecule has 2 bridgehead atoms. The molecular weight excluding hydrogens is 531 g/mol. The maximum atomic E-state index is 12.8. The summed E-state index contributed by atoms with van der Waals surface area (Å²) in [5, 5.41) is 10.7. The summed E-state index contributed by atoms with van der Waals surface area (Å²) in [4.78, 5) is 31.7. The first-order valence-electron chi connectivity index (χ1n) is 11.3. The van der Waals surface area contributed by atoms with Crippen LogP contribution in [0.25, 0.3) is 5.69 Å². The highest BCUT2D eigenvalue weighted by molar-refractivity contribution is 14.0. The van der Waals surface area contributed by atoms with E-state index in [2.05, 4.69) is 32.9 Å². The normalized spacial score (nSPS) is 25.4. The van der Waals surface area contributed by atoms with Gasteiger partial charge in [-0.1, -0.05) is 24.3 Å². The minimum absolute atomic E-state index is 0. The first kappa shape index (κ1) is 23.5. The topological polar surface area (TPSA) is 91.6 Å². The molecule has 2 N–H and O–H groups in total. The summed E-state index contributed by atoms with van der Waals surface area (Å²) in [5.74, 6) is 0.893. The molecule has 2 aliphatic carbocycles. The number of aliphatic imine (C=N–C) groups is 1. The Hall–Kier alpha value is -2.69. The zero-order valence-corrected chi connectivity index (χ0v) is 20.9. The number of amides is 2. The molecule has 1 aliphatic heterocycles. The highest BCUT2D eigenvalue weighted by atomic mass is 127. The minimum atomic E-state index is -0.135. The zero-order chi connectivity index (χ0) is 22.1. The van der Waals surface area contributed by atoms with E-state index in [0.29, 0.717) is 25.6 Å². The predicted octanol–water partition coefficient (Wildman–Crippen LogP) is 2.35. The largest absolute Gasteiger partial charge is 0.357 e. The summed E-state index contributed by atoms with van der Waals surface area (Å²) < 4.78 is 1.81. The molecule has 33 heavy (non-hydrogen) atoms. The van der Waals surface area contributed by atoms with Gasteiger partial charge in [0.05, 0.1) is 24.1 Å². The van der Waals surface area contributed by atoms with Crippen molar-refractivity contribution in [1.29, 1.82) is 0 Å². The third-order valence-corrected chi connectivity index (χ3v) is 6.66. The fraction of sp³-hybridized carbons (Fsp3) is 0.417. The van der Waals surface area contributed by atoms with Crippen LogP contribution >= 0.6 is 24.0 Å². The van der Waals surface area contributed by atoms with Gasteiger partial charge in [0.15, 0.2) is 5.96 Å². The van der Waals surface area contributed by atoms with Crippen LogP contribution < -0.4 is 10.6 Å². The number of nitrogens with one attached hydrogen (secondary N) is 2. The van der Waals surface area contributed by atoms with Crippen molar-refractivity contribution in [3.05, 3.63) is 60.4 Å². The molecule has 1 saturated carbocycles.